The fraction of sp³-hybridized carbons (Fsp3) is 0.360. The third-order valence-electron chi connectivity index (χ3n) is 5.32. The van der Waals surface area contributed by atoms with E-state index >= 15 is 0 Å². The van der Waals surface area contributed by atoms with Crippen molar-refractivity contribution in [3.63, 3.8) is 0 Å². The Balaban J connectivity index is 1.81. The molecule has 1 heterocycles. The maximum absolute atomic E-state index is 13.8. The van der Waals surface area contributed by atoms with E-state index in [1.54, 1.807) is 24.3 Å². The van der Waals surface area contributed by atoms with Crippen LogP contribution in [-0.2, 0) is 24.2 Å². The summed E-state index contributed by atoms with van der Waals surface area (Å²) in [6.45, 7) is 8.92. The third kappa shape index (κ3) is 6.00. The molecule has 164 valence electrons. The van der Waals surface area contributed by atoms with Crippen molar-refractivity contribution in [2.75, 3.05) is 0 Å². The number of nitrogens with one attached hydrogen (secondary N) is 1. The molecule has 1 N–H and O–H groups in total. The van der Waals surface area contributed by atoms with Gasteiger partial charge in [0.25, 0.3) is 0 Å². The quantitative estimate of drug-likeness (QED) is 0.547. The number of carbonyl (C=O) groups is 1. The van der Waals surface area contributed by atoms with Crippen LogP contribution < -0.4 is 5.32 Å². The van der Waals surface area contributed by atoms with Crippen LogP contribution in [0.25, 0.3) is 0 Å². The van der Waals surface area contributed by atoms with E-state index in [9.17, 15) is 13.6 Å². The van der Waals surface area contributed by atoms with Gasteiger partial charge in [0.2, 0.25) is 5.91 Å². The molecule has 0 aliphatic carbocycles. The highest BCUT2D eigenvalue weighted by atomic mass is 19.1. The Labute approximate surface area is 182 Å². The molecular weight excluding hydrogens is 396 g/mol. The fourth-order valence-electron chi connectivity index (χ4n) is 3.79. The molecule has 6 heteroatoms. The topological polar surface area (TPSA) is 46.9 Å². The highest BCUT2D eigenvalue weighted by Crippen LogP contribution is 2.21. The first-order chi connectivity index (χ1) is 14.7. The van der Waals surface area contributed by atoms with Gasteiger partial charge in [0.15, 0.2) is 0 Å². The Morgan fingerprint density at radius 1 is 1.06 bits per heavy atom. The van der Waals surface area contributed by atoms with Gasteiger partial charge in [0.05, 0.1) is 18.2 Å². The second kappa shape index (κ2) is 9.86. The number of aryl methyl sites for hydroxylation is 1. The van der Waals surface area contributed by atoms with Crippen LogP contribution in [0.1, 0.15) is 48.0 Å². The molecule has 0 spiro atoms. The van der Waals surface area contributed by atoms with Crippen molar-refractivity contribution in [1.29, 1.82) is 0 Å². The molecule has 0 bridgehead atoms. The summed E-state index contributed by atoms with van der Waals surface area (Å²) in [6, 6.07) is 11.9. The van der Waals surface area contributed by atoms with Crippen LogP contribution >= 0.6 is 0 Å². The van der Waals surface area contributed by atoms with Crippen LogP contribution in [0.4, 0.5) is 8.78 Å². The lowest BCUT2D eigenvalue weighted by molar-refractivity contribution is -0.121. The molecule has 31 heavy (non-hydrogen) atoms. The molecule has 1 atom stereocenters. The number of hydrogen-bond acceptors (Lipinski definition) is 2. The maximum atomic E-state index is 13.8. The summed E-state index contributed by atoms with van der Waals surface area (Å²) >= 11 is 0. The van der Waals surface area contributed by atoms with Gasteiger partial charge in [0, 0.05) is 17.8 Å². The Morgan fingerprint density at radius 2 is 1.74 bits per heavy atom. The van der Waals surface area contributed by atoms with E-state index in [1.165, 1.54) is 24.3 Å². The number of hydrogen-bond donors (Lipinski definition) is 1. The summed E-state index contributed by atoms with van der Waals surface area (Å²) in [4.78, 5) is 13.0. The third-order valence-corrected chi connectivity index (χ3v) is 5.32. The van der Waals surface area contributed by atoms with E-state index in [4.69, 9.17) is 0 Å². The van der Waals surface area contributed by atoms with E-state index in [0.29, 0.717) is 17.9 Å². The number of amides is 1. The Morgan fingerprint density at radius 3 is 2.39 bits per heavy atom. The molecular formula is C25H29F2N3O. The van der Waals surface area contributed by atoms with Crippen molar-refractivity contribution in [3.8, 4) is 0 Å². The first-order valence-electron chi connectivity index (χ1n) is 10.5. The molecule has 0 aliphatic heterocycles. The van der Waals surface area contributed by atoms with Gasteiger partial charge in [-0.25, -0.2) is 8.78 Å². The number of benzene rings is 2. The lowest BCUT2D eigenvalue weighted by atomic mass is 9.98. The first kappa shape index (κ1) is 22.7. The molecule has 0 radical (unpaired) electrons. The van der Waals surface area contributed by atoms with Crippen LogP contribution in [0.15, 0.2) is 48.5 Å². The number of carbonyl (C=O) groups excluding carboxylic acids is 1. The van der Waals surface area contributed by atoms with Gasteiger partial charge in [-0.05, 0) is 61.6 Å². The minimum absolute atomic E-state index is 0.180. The smallest absolute Gasteiger partial charge is 0.225 e. The predicted octanol–water partition coefficient (Wildman–Crippen LogP) is 5.08. The zero-order valence-electron chi connectivity index (χ0n) is 18.5. The van der Waals surface area contributed by atoms with Crippen molar-refractivity contribution in [1.82, 2.24) is 15.1 Å². The Bertz CT molecular complexity index is 1060. The van der Waals surface area contributed by atoms with Gasteiger partial charge < -0.3 is 5.32 Å². The molecule has 3 rings (SSSR count). The van der Waals surface area contributed by atoms with Gasteiger partial charge in [-0.15, -0.1) is 0 Å². The molecule has 4 nitrogen and oxygen atoms in total. The number of nitrogens with zero attached hydrogens (tertiary/aromatic N) is 2. The van der Waals surface area contributed by atoms with E-state index in [2.05, 4.69) is 24.3 Å². The zero-order chi connectivity index (χ0) is 22.5. The highest BCUT2D eigenvalue weighted by Gasteiger charge is 2.20. The SMILES string of the molecule is Cc1nn(CC(C)C)c(C)c1CC(=O)NC(Cc1cccc(F)c1)c1cccc(F)c1. The summed E-state index contributed by atoms with van der Waals surface area (Å²) in [7, 11) is 0. The largest absolute Gasteiger partial charge is 0.349 e. The Hall–Kier alpha value is -3.02. The molecule has 0 fully saturated rings. The average Bonchev–Trinajstić information content (AvgIpc) is 2.94. The summed E-state index contributed by atoms with van der Waals surface area (Å²) in [5.41, 5.74) is 4.09. The van der Waals surface area contributed by atoms with Crippen LogP contribution in [0.3, 0.4) is 0 Å². The van der Waals surface area contributed by atoms with E-state index in [1.807, 2.05) is 18.5 Å². The van der Waals surface area contributed by atoms with Crippen molar-refractivity contribution >= 4 is 5.91 Å². The number of aromatic nitrogens is 2. The average molecular weight is 426 g/mol. The molecule has 0 saturated heterocycles. The van der Waals surface area contributed by atoms with Crippen molar-refractivity contribution < 1.29 is 13.6 Å². The molecule has 1 aromatic heterocycles. The minimum atomic E-state index is -0.476. The molecule has 0 aliphatic rings. The zero-order valence-corrected chi connectivity index (χ0v) is 18.5. The monoisotopic (exact) mass is 425 g/mol. The van der Waals surface area contributed by atoms with Crippen LogP contribution in [0, 0.1) is 31.4 Å². The van der Waals surface area contributed by atoms with Gasteiger partial charge in [-0.1, -0.05) is 38.1 Å². The van der Waals surface area contributed by atoms with Crippen LogP contribution in [-0.4, -0.2) is 15.7 Å². The van der Waals surface area contributed by atoms with Crippen LogP contribution in [0.2, 0.25) is 0 Å². The van der Waals surface area contributed by atoms with Crippen molar-refractivity contribution in [2.45, 2.75) is 53.1 Å². The lowest BCUT2D eigenvalue weighted by Gasteiger charge is -2.20. The van der Waals surface area contributed by atoms with E-state index in [0.717, 1.165) is 29.1 Å². The second-order valence-electron chi connectivity index (χ2n) is 8.41. The first-order valence-corrected chi connectivity index (χ1v) is 10.5. The van der Waals surface area contributed by atoms with Gasteiger partial charge >= 0.3 is 0 Å². The summed E-state index contributed by atoms with van der Waals surface area (Å²) in [5.74, 6) is -0.451. The summed E-state index contributed by atoms with van der Waals surface area (Å²) < 4.78 is 29.4. The van der Waals surface area contributed by atoms with Crippen molar-refractivity contribution in [3.05, 3.63) is 88.2 Å². The van der Waals surface area contributed by atoms with Crippen molar-refractivity contribution in [2.24, 2.45) is 5.92 Å². The summed E-state index contributed by atoms with van der Waals surface area (Å²) in [6.07, 6.45) is 0.544. The molecule has 1 unspecified atom stereocenters. The summed E-state index contributed by atoms with van der Waals surface area (Å²) in [5, 5.41) is 7.59. The highest BCUT2D eigenvalue weighted by molar-refractivity contribution is 5.79. The molecule has 0 saturated carbocycles. The normalized spacial score (nSPS) is 12.2. The lowest BCUT2D eigenvalue weighted by Crippen LogP contribution is -2.31. The standard InChI is InChI=1S/C25H29F2N3O/c1-16(2)15-30-18(4)23(17(3)29-30)14-25(31)28-24(20-8-6-10-22(27)13-20)12-19-7-5-9-21(26)11-19/h5-11,13,16,24H,12,14-15H2,1-4H3,(H,28,31). The fourth-order valence-corrected chi connectivity index (χ4v) is 3.79. The minimum Gasteiger partial charge on any atom is -0.349 e. The van der Waals surface area contributed by atoms with E-state index in [-0.39, 0.29) is 24.0 Å². The second-order valence-corrected chi connectivity index (χ2v) is 8.41. The number of rotatable bonds is 8. The van der Waals surface area contributed by atoms with Gasteiger partial charge in [-0.3, -0.25) is 9.48 Å². The molecule has 1 amide bonds. The molecule has 2 aromatic carbocycles. The Kier molecular flexibility index (Phi) is 7.21. The van der Waals surface area contributed by atoms with E-state index < -0.39 is 6.04 Å². The van der Waals surface area contributed by atoms with Gasteiger partial charge in [-0.2, -0.15) is 5.10 Å². The maximum Gasteiger partial charge on any atom is 0.225 e. The molecule has 3 aromatic rings. The number of halogens is 2. The van der Waals surface area contributed by atoms with Gasteiger partial charge in [0.1, 0.15) is 11.6 Å². The van der Waals surface area contributed by atoms with Crippen LogP contribution in [0.5, 0.6) is 0 Å². The predicted molar refractivity (Wildman–Crippen MR) is 118 cm³/mol.